The maximum atomic E-state index is 12.4. The zero-order chi connectivity index (χ0) is 14.3. The first-order valence-corrected chi connectivity index (χ1v) is 6.82. The van der Waals surface area contributed by atoms with Crippen LogP contribution in [-0.2, 0) is 14.3 Å². The van der Waals surface area contributed by atoms with Crippen LogP contribution in [0.4, 0.5) is 5.69 Å². The molecule has 2 heterocycles. The number of carboxylic acids is 1. The molecule has 0 saturated carbocycles. The zero-order valence-electron chi connectivity index (χ0n) is 11.2. The summed E-state index contributed by atoms with van der Waals surface area (Å²) in [4.78, 5) is 23.7. The molecule has 2 bridgehead atoms. The zero-order valence-corrected chi connectivity index (χ0v) is 11.2. The van der Waals surface area contributed by atoms with Crippen LogP contribution in [-0.4, -0.2) is 29.2 Å². The van der Waals surface area contributed by atoms with Gasteiger partial charge in [-0.15, -0.1) is 0 Å². The Morgan fingerprint density at radius 1 is 1.25 bits per heavy atom. The van der Waals surface area contributed by atoms with Crippen molar-refractivity contribution < 1.29 is 19.4 Å². The SMILES string of the molecule is Cc1cccc(NC(=O)[C@H]2[C@@H](C(=O)O)[C@H]3CC[C@H]2O3)c1. The molecule has 5 heteroatoms. The Hall–Kier alpha value is -1.88. The number of aliphatic carboxylic acids is 1. The number of nitrogens with one attached hydrogen (secondary N) is 1. The second-order valence-corrected chi connectivity index (χ2v) is 5.54. The van der Waals surface area contributed by atoms with Gasteiger partial charge in [0.1, 0.15) is 0 Å². The molecule has 3 rings (SSSR count). The van der Waals surface area contributed by atoms with Crippen molar-refractivity contribution in [3.63, 3.8) is 0 Å². The van der Waals surface area contributed by atoms with Crippen molar-refractivity contribution in [3.8, 4) is 0 Å². The minimum Gasteiger partial charge on any atom is -0.481 e. The van der Waals surface area contributed by atoms with Gasteiger partial charge >= 0.3 is 5.97 Å². The van der Waals surface area contributed by atoms with E-state index in [1.54, 1.807) is 6.07 Å². The monoisotopic (exact) mass is 275 g/mol. The molecule has 2 aliphatic rings. The molecule has 2 N–H and O–H groups in total. The summed E-state index contributed by atoms with van der Waals surface area (Å²) in [6.07, 6.45) is 0.924. The second-order valence-electron chi connectivity index (χ2n) is 5.54. The molecule has 2 aliphatic heterocycles. The number of carbonyl (C=O) groups excluding carboxylic acids is 1. The summed E-state index contributed by atoms with van der Waals surface area (Å²) in [5.41, 5.74) is 1.74. The first-order chi connectivity index (χ1) is 9.56. The number of carbonyl (C=O) groups is 2. The summed E-state index contributed by atoms with van der Waals surface area (Å²) in [6, 6.07) is 7.46. The van der Waals surface area contributed by atoms with Gasteiger partial charge in [-0.3, -0.25) is 9.59 Å². The van der Waals surface area contributed by atoms with Crippen LogP contribution in [0.15, 0.2) is 24.3 Å². The van der Waals surface area contributed by atoms with E-state index in [4.69, 9.17) is 4.74 Å². The van der Waals surface area contributed by atoms with Gasteiger partial charge < -0.3 is 15.2 Å². The van der Waals surface area contributed by atoms with Gasteiger partial charge in [0.15, 0.2) is 0 Å². The molecule has 5 nitrogen and oxygen atoms in total. The number of carboxylic acid groups (broad SMARTS) is 1. The van der Waals surface area contributed by atoms with Crippen molar-refractivity contribution in [2.45, 2.75) is 32.0 Å². The van der Waals surface area contributed by atoms with Crippen LogP contribution in [0, 0.1) is 18.8 Å². The lowest BCUT2D eigenvalue weighted by atomic mass is 9.78. The molecule has 0 spiro atoms. The summed E-state index contributed by atoms with van der Waals surface area (Å²) in [6.45, 7) is 1.94. The molecule has 0 aromatic heterocycles. The Balaban J connectivity index is 1.78. The second kappa shape index (κ2) is 4.90. The van der Waals surface area contributed by atoms with Gasteiger partial charge in [0.05, 0.1) is 24.0 Å². The number of rotatable bonds is 3. The van der Waals surface area contributed by atoms with E-state index >= 15 is 0 Å². The number of benzene rings is 1. The molecule has 106 valence electrons. The fraction of sp³-hybridized carbons (Fsp3) is 0.467. The lowest BCUT2D eigenvalue weighted by Gasteiger charge is -2.23. The molecule has 0 aliphatic carbocycles. The first kappa shape index (κ1) is 13.1. The van der Waals surface area contributed by atoms with E-state index in [9.17, 15) is 14.7 Å². The van der Waals surface area contributed by atoms with Crippen LogP contribution in [0.25, 0.3) is 0 Å². The number of hydrogen-bond donors (Lipinski definition) is 2. The maximum absolute atomic E-state index is 12.4. The normalized spacial score (nSPS) is 31.2. The predicted molar refractivity (Wildman–Crippen MR) is 72.3 cm³/mol. The Morgan fingerprint density at radius 3 is 2.60 bits per heavy atom. The predicted octanol–water partition coefficient (Wildman–Crippen LogP) is 1.81. The van der Waals surface area contributed by atoms with Crippen molar-refractivity contribution in [1.82, 2.24) is 0 Å². The fourth-order valence-corrected chi connectivity index (χ4v) is 3.27. The van der Waals surface area contributed by atoms with Gasteiger partial charge in [-0.05, 0) is 37.5 Å². The number of ether oxygens (including phenoxy) is 1. The van der Waals surface area contributed by atoms with Crippen LogP contribution < -0.4 is 5.32 Å². The molecule has 20 heavy (non-hydrogen) atoms. The third-order valence-corrected chi connectivity index (χ3v) is 4.15. The molecular formula is C15H17NO4. The van der Waals surface area contributed by atoms with Crippen LogP contribution in [0.1, 0.15) is 18.4 Å². The Morgan fingerprint density at radius 2 is 1.95 bits per heavy atom. The fourth-order valence-electron chi connectivity index (χ4n) is 3.27. The van der Waals surface area contributed by atoms with E-state index < -0.39 is 17.8 Å². The van der Waals surface area contributed by atoms with Crippen LogP contribution in [0.3, 0.4) is 0 Å². The topological polar surface area (TPSA) is 75.6 Å². The number of hydrogen-bond acceptors (Lipinski definition) is 3. The van der Waals surface area contributed by atoms with Crippen molar-refractivity contribution in [2.75, 3.05) is 5.32 Å². The van der Waals surface area contributed by atoms with Crippen LogP contribution >= 0.6 is 0 Å². The summed E-state index contributed by atoms with van der Waals surface area (Å²) in [5, 5.41) is 12.1. The largest absolute Gasteiger partial charge is 0.481 e. The molecule has 2 fully saturated rings. The number of fused-ring (bicyclic) bond motifs is 2. The third-order valence-electron chi connectivity index (χ3n) is 4.15. The van der Waals surface area contributed by atoms with Gasteiger partial charge in [-0.25, -0.2) is 0 Å². The van der Waals surface area contributed by atoms with Crippen molar-refractivity contribution in [3.05, 3.63) is 29.8 Å². The maximum Gasteiger partial charge on any atom is 0.310 e. The Kier molecular flexibility index (Phi) is 3.22. The molecule has 0 unspecified atom stereocenters. The average molecular weight is 275 g/mol. The quantitative estimate of drug-likeness (QED) is 0.882. The van der Waals surface area contributed by atoms with E-state index in [-0.39, 0.29) is 18.1 Å². The highest BCUT2D eigenvalue weighted by Gasteiger charge is 2.55. The summed E-state index contributed by atoms with van der Waals surface area (Å²) in [7, 11) is 0. The first-order valence-electron chi connectivity index (χ1n) is 6.82. The molecule has 0 radical (unpaired) electrons. The van der Waals surface area contributed by atoms with E-state index in [0.29, 0.717) is 5.69 Å². The van der Waals surface area contributed by atoms with Crippen LogP contribution in [0.5, 0.6) is 0 Å². The lowest BCUT2D eigenvalue weighted by molar-refractivity contribution is -0.147. The van der Waals surface area contributed by atoms with Gasteiger partial charge in [0.2, 0.25) is 5.91 Å². The summed E-state index contributed by atoms with van der Waals surface area (Å²) in [5.74, 6) is -2.51. The average Bonchev–Trinajstić information content (AvgIpc) is 2.98. The van der Waals surface area contributed by atoms with E-state index in [1.165, 1.54) is 0 Å². The number of amides is 1. The highest BCUT2D eigenvalue weighted by Crippen LogP contribution is 2.44. The molecule has 1 aromatic rings. The molecule has 1 aromatic carbocycles. The molecule has 2 saturated heterocycles. The molecule has 1 amide bonds. The molecule has 4 atom stereocenters. The minimum atomic E-state index is -0.943. The summed E-state index contributed by atoms with van der Waals surface area (Å²) >= 11 is 0. The Labute approximate surface area is 116 Å². The highest BCUT2D eigenvalue weighted by atomic mass is 16.5. The van der Waals surface area contributed by atoms with Crippen molar-refractivity contribution in [2.24, 2.45) is 11.8 Å². The van der Waals surface area contributed by atoms with Gasteiger partial charge in [-0.2, -0.15) is 0 Å². The Bertz CT molecular complexity index is 557. The van der Waals surface area contributed by atoms with Crippen LogP contribution in [0.2, 0.25) is 0 Å². The smallest absolute Gasteiger partial charge is 0.310 e. The van der Waals surface area contributed by atoms with E-state index in [2.05, 4.69) is 5.32 Å². The van der Waals surface area contributed by atoms with E-state index in [1.807, 2.05) is 25.1 Å². The molecular weight excluding hydrogens is 258 g/mol. The van der Waals surface area contributed by atoms with Crippen molar-refractivity contribution >= 4 is 17.6 Å². The highest BCUT2D eigenvalue weighted by molar-refractivity contribution is 5.96. The standard InChI is InChI=1S/C15H17NO4/c1-8-3-2-4-9(7-8)16-14(17)12-10-5-6-11(20-10)13(12)15(18)19/h2-4,7,10-13H,5-6H2,1H3,(H,16,17)(H,18,19)/t10-,11-,12-,13+/m1/s1. The van der Waals surface area contributed by atoms with Gasteiger partial charge in [0.25, 0.3) is 0 Å². The summed E-state index contributed by atoms with van der Waals surface area (Å²) < 4.78 is 5.60. The number of anilines is 1. The van der Waals surface area contributed by atoms with Gasteiger partial charge in [0, 0.05) is 5.69 Å². The number of aryl methyl sites for hydroxylation is 1. The van der Waals surface area contributed by atoms with Gasteiger partial charge in [-0.1, -0.05) is 12.1 Å². The van der Waals surface area contributed by atoms with Crippen molar-refractivity contribution in [1.29, 1.82) is 0 Å². The van der Waals surface area contributed by atoms with E-state index in [0.717, 1.165) is 18.4 Å². The minimum absolute atomic E-state index is 0.254. The lowest BCUT2D eigenvalue weighted by Crippen LogP contribution is -2.40. The third kappa shape index (κ3) is 2.18.